The predicted molar refractivity (Wildman–Crippen MR) is 97.1 cm³/mol. The molecule has 150 valence electrons. The number of carbonyl (C=O) groups is 3. The molecule has 10 heteroatoms. The number of morpholine rings is 1. The molecule has 1 aliphatic carbocycles. The van der Waals surface area contributed by atoms with Crippen molar-refractivity contribution in [3.63, 3.8) is 0 Å². The third-order valence-corrected chi connectivity index (χ3v) is 7.01. The van der Waals surface area contributed by atoms with Gasteiger partial charge in [0.1, 0.15) is 10.9 Å². The molecule has 1 aromatic carbocycles. The van der Waals surface area contributed by atoms with E-state index in [2.05, 4.69) is 5.32 Å². The Bertz CT molecular complexity index is 950. The van der Waals surface area contributed by atoms with Crippen LogP contribution in [0, 0.1) is 0 Å². The molecule has 1 aromatic rings. The summed E-state index contributed by atoms with van der Waals surface area (Å²) in [7, 11) is -3.94. The molecule has 3 amide bonds. The Kier molecular flexibility index (Phi) is 4.62. The van der Waals surface area contributed by atoms with Crippen molar-refractivity contribution in [2.24, 2.45) is 0 Å². The lowest BCUT2D eigenvalue weighted by Crippen LogP contribution is -2.50. The van der Waals surface area contributed by atoms with Gasteiger partial charge >= 0.3 is 0 Å². The lowest BCUT2D eigenvalue weighted by atomic mass is 10.1. The predicted octanol–water partition coefficient (Wildman–Crippen LogP) is -0.0294. The Balaban J connectivity index is 1.51. The molecule has 1 N–H and O–H groups in total. The maximum absolute atomic E-state index is 12.7. The summed E-state index contributed by atoms with van der Waals surface area (Å²) in [5.41, 5.74) is 0.176. The van der Waals surface area contributed by atoms with Crippen LogP contribution in [0.3, 0.4) is 0 Å². The number of fused-ring (bicyclic) bond motifs is 1. The number of sulfonamides is 1. The number of ether oxygens (including phenoxy) is 1. The van der Waals surface area contributed by atoms with Crippen LogP contribution in [0.15, 0.2) is 23.1 Å². The SMILES string of the molecule is C[C@@H](NC(=O)c1ccc2c(c1)S(=O)(=O)N(C1CC1)C2=O)C(=O)N1CCOCC1. The van der Waals surface area contributed by atoms with E-state index in [0.717, 1.165) is 4.31 Å². The average Bonchev–Trinajstić information content (AvgIpc) is 3.49. The van der Waals surface area contributed by atoms with Gasteiger partial charge in [0.05, 0.1) is 18.8 Å². The van der Waals surface area contributed by atoms with Crippen LogP contribution in [0.1, 0.15) is 40.5 Å². The lowest BCUT2D eigenvalue weighted by Gasteiger charge is -2.29. The molecule has 2 aliphatic heterocycles. The summed E-state index contributed by atoms with van der Waals surface area (Å²) in [6.45, 7) is 3.43. The maximum Gasteiger partial charge on any atom is 0.269 e. The summed E-state index contributed by atoms with van der Waals surface area (Å²) < 4.78 is 31.5. The molecule has 9 nitrogen and oxygen atoms in total. The normalized spacial score (nSPS) is 22.0. The molecule has 1 saturated heterocycles. The highest BCUT2D eigenvalue weighted by Crippen LogP contribution is 2.39. The summed E-state index contributed by atoms with van der Waals surface area (Å²) >= 11 is 0. The summed E-state index contributed by atoms with van der Waals surface area (Å²) in [6.07, 6.45) is 1.32. The highest BCUT2D eigenvalue weighted by molar-refractivity contribution is 7.90. The third kappa shape index (κ3) is 3.16. The zero-order chi connectivity index (χ0) is 20.1. The van der Waals surface area contributed by atoms with E-state index in [1.54, 1.807) is 11.8 Å². The molecule has 0 aromatic heterocycles. The quantitative estimate of drug-likeness (QED) is 0.750. The molecule has 0 radical (unpaired) electrons. The molecule has 3 aliphatic rings. The molecular formula is C18H21N3O6S. The van der Waals surface area contributed by atoms with E-state index in [-0.39, 0.29) is 28.0 Å². The Morgan fingerprint density at radius 1 is 1.21 bits per heavy atom. The highest BCUT2D eigenvalue weighted by Gasteiger charge is 2.48. The van der Waals surface area contributed by atoms with E-state index < -0.39 is 27.9 Å². The largest absolute Gasteiger partial charge is 0.378 e. The average molecular weight is 407 g/mol. The van der Waals surface area contributed by atoms with Gasteiger partial charge in [0.25, 0.3) is 21.8 Å². The number of benzene rings is 1. The number of hydrogen-bond acceptors (Lipinski definition) is 6. The molecule has 28 heavy (non-hydrogen) atoms. The fourth-order valence-electron chi connectivity index (χ4n) is 3.46. The number of amides is 3. The monoisotopic (exact) mass is 407 g/mol. The van der Waals surface area contributed by atoms with E-state index in [0.29, 0.717) is 39.1 Å². The Labute approximate surface area is 162 Å². The van der Waals surface area contributed by atoms with Crippen LogP contribution in [0.5, 0.6) is 0 Å². The van der Waals surface area contributed by atoms with E-state index in [9.17, 15) is 22.8 Å². The van der Waals surface area contributed by atoms with Gasteiger partial charge in [0.2, 0.25) is 5.91 Å². The highest BCUT2D eigenvalue weighted by atomic mass is 32.2. The van der Waals surface area contributed by atoms with E-state index in [1.807, 2.05) is 0 Å². The first-order valence-electron chi connectivity index (χ1n) is 9.21. The first-order valence-corrected chi connectivity index (χ1v) is 10.6. The van der Waals surface area contributed by atoms with Gasteiger partial charge < -0.3 is 15.0 Å². The summed E-state index contributed by atoms with van der Waals surface area (Å²) in [5.74, 6) is -1.33. The fourth-order valence-corrected chi connectivity index (χ4v) is 5.30. The molecule has 1 atom stereocenters. The summed E-state index contributed by atoms with van der Waals surface area (Å²) in [4.78, 5) is 38.9. The van der Waals surface area contributed by atoms with Crippen molar-refractivity contribution in [1.82, 2.24) is 14.5 Å². The van der Waals surface area contributed by atoms with Crippen molar-refractivity contribution in [3.05, 3.63) is 29.3 Å². The number of nitrogens with zero attached hydrogens (tertiary/aromatic N) is 2. The van der Waals surface area contributed by atoms with Crippen molar-refractivity contribution in [2.45, 2.75) is 36.7 Å². The number of carbonyl (C=O) groups excluding carboxylic acids is 3. The van der Waals surface area contributed by atoms with Gasteiger partial charge in [-0.05, 0) is 38.0 Å². The van der Waals surface area contributed by atoms with Crippen molar-refractivity contribution in [2.75, 3.05) is 26.3 Å². The Hall–Kier alpha value is -2.46. The van der Waals surface area contributed by atoms with Gasteiger partial charge in [-0.3, -0.25) is 14.4 Å². The Morgan fingerprint density at radius 2 is 1.89 bits per heavy atom. The minimum atomic E-state index is -3.94. The van der Waals surface area contributed by atoms with Crippen LogP contribution in [-0.2, 0) is 19.6 Å². The molecular weight excluding hydrogens is 386 g/mol. The Morgan fingerprint density at radius 3 is 2.54 bits per heavy atom. The van der Waals surface area contributed by atoms with Crippen molar-refractivity contribution in [1.29, 1.82) is 0 Å². The van der Waals surface area contributed by atoms with Crippen LogP contribution in [0.25, 0.3) is 0 Å². The van der Waals surface area contributed by atoms with Gasteiger partial charge in [-0.1, -0.05) is 0 Å². The van der Waals surface area contributed by atoms with Crippen LogP contribution in [0.2, 0.25) is 0 Å². The summed E-state index contributed by atoms with van der Waals surface area (Å²) in [5, 5.41) is 2.60. The summed E-state index contributed by atoms with van der Waals surface area (Å²) in [6, 6.07) is 2.94. The molecule has 0 bridgehead atoms. The zero-order valence-corrected chi connectivity index (χ0v) is 16.2. The maximum atomic E-state index is 12.7. The molecule has 4 rings (SSSR count). The van der Waals surface area contributed by atoms with Gasteiger partial charge in [-0.2, -0.15) is 0 Å². The van der Waals surface area contributed by atoms with Gasteiger partial charge in [0, 0.05) is 24.7 Å². The lowest BCUT2D eigenvalue weighted by molar-refractivity contribution is -0.136. The standard InChI is InChI=1S/C18H21N3O6S/c1-11(17(23)20-6-8-27-9-7-20)19-16(22)12-2-5-14-15(10-12)28(25,26)21(18(14)24)13-3-4-13/h2,5,10-11,13H,3-4,6-9H2,1H3,(H,19,22)/t11-/m1/s1. The fraction of sp³-hybridized carbons (Fsp3) is 0.500. The van der Waals surface area contributed by atoms with Gasteiger partial charge in [0.15, 0.2) is 0 Å². The third-order valence-electron chi connectivity index (χ3n) is 5.13. The number of rotatable bonds is 4. The van der Waals surface area contributed by atoms with Crippen LogP contribution in [-0.4, -0.2) is 73.7 Å². The van der Waals surface area contributed by atoms with Crippen LogP contribution >= 0.6 is 0 Å². The van der Waals surface area contributed by atoms with Crippen molar-refractivity contribution in [3.8, 4) is 0 Å². The molecule has 0 unspecified atom stereocenters. The van der Waals surface area contributed by atoms with Crippen molar-refractivity contribution < 1.29 is 27.5 Å². The second kappa shape index (κ2) is 6.85. The van der Waals surface area contributed by atoms with Gasteiger partial charge in [-0.25, -0.2) is 12.7 Å². The minimum absolute atomic E-state index is 0.0842. The second-order valence-corrected chi connectivity index (χ2v) is 8.96. The van der Waals surface area contributed by atoms with Crippen LogP contribution < -0.4 is 5.32 Å². The zero-order valence-electron chi connectivity index (χ0n) is 15.4. The van der Waals surface area contributed by atoms with Crippen LogP contribution in [0.4, 0.5) is 0 Å². The molecule has 2 fully saturated rings. The van der Waals surface area contributed by atoms with E-state index in [4.69, 9.17) is 4.74 Å². The minimum Gasteiger partial charge on any atom is -0.378 e. The van der Waals surface area contributed by atoms with Crippen molar-refractivity contribution >= 4 is 27.7 Å². The second-order valence-electron chi connectivity index (χ2n) is 7.18. The first-order chi connectivity index (χ1) is 13.3. The first kappa shape index (κ1) is 18.9. The molecule has 0 spiro atoms. The molecule has 1 saturated carbocycles. The molecule has 2 heterocycles. The van der Waals surface area contributed by atoms with Gasteiger partial charge in [-0.15, -0.1) is 0 Å². The topological polar surface area (TPSA) is 113 Å². The smallest absolute Gasteiger partial charge is 0.269 e. The number of nitrogens with one attached hydrogen (secondary N) is 1. The number of hydrogen-bond donors (Lipinski definition) is 1. The van der Waals surface area contributed by atoms with E-state index >= 15 is 0 Å². The van der Waals surface area contributed by atoms with E-state index in [1.165, 1.54) is 18.2 Å².